The van der Waals surface area contributed by atoms with E-state index in [1.54, 1.807) is 30.3 Å². The lowest BCUT2D eigenvalue weighted by Gasteiger charge is -2.28. The molecule has 2 aromatic rings. The number of hydrogen-bond acceptors (Lipinski definition) is 6. The molecule has 1 atom stereocenters. The number of sulfonamides is 1. The molecule has 0 radical (unpaired) electrons. The van der Waals surface area contributed by atoms with Crippen LogP contribution in [0.1, 0.15) is 22.1 Å². The molecule has 0 aliphatic carbocycles. The smallest absolute Gasteiger partial charge is 0.338 e. The first kappa shape index (κ1) is 16.9. The first-order valence-corrected chi connectivity index (χ1v) is 8.78. The van der Waals surface area contributed by atoms with Crippen LogP contribution in [0.3, 0.4) is 0 Å². The number of amides is 1. The largest absolute Gasteiger partial charge is 0.452 e. The van der Waals surface area contributed by atoms with Crippen LogP contribution in [-0.4, -0.2) is 26.9 Å². The van der Waals surface area contributed by atoms with Crippen LogP contribution in [0.15, 0.2) is 53.4 Å². The first-order chi connectivity index (χ1) is 11.9. The molecule has 1 amide bonds. The number of nitrogens with two attached hydrogens (primary N) is 1. The molecule has 0 spiro atoms. The van der Waals surface area contributed by atoms with E-state index in [2.05, 4.69) is 10.0 Å². The summed E-state index contributed by atoms with van der Waals surface area (Å²) in [5.74, 6) is -1.43. The molecular formula is C16H15N3O5S. The van der Waals surface area contributed by atoms with Crippen LogP contribution in [0.4, 0.5) is 5.69 Å². The Kier molecular flexibility index (Phi) is 4.43. The van der Waals surface area contributed by atoms with E-state index in [1.807, 2.05) is 0 Å². The Bertz CT molecular complexity index is 925. The van der Waals surface area contributed by atoms with Gasteiger partial charge in [-0.25, -0.2) is 13.2 Å². The van der Waals surface area contributed by atoms with Crippen molar-refractivity contribution in [3.05, 3.63) is 59.7 Å². The lowest BCUT2D eigenvalue weighted by atomic mass is 10.1. The van der Waals surface area contributed by atoms with Gasteiger partial charge in [0.05, 0.1) is 11.3 Å². The zero-order valence-electron chi connectivity index (χ0n) is 12.9. The Hall–Kier alpha value is -2.91. The van der Waals surface area contributed by atoms with Gasteiger partial charge in [-0.2, -0.15) is 4.72 Å². The predicted octanol–water partition coefficient (Wildman–Crippen LogP) is 0.731. The van der Waals surface area contributed by atoms with Crippen molar-refractivity contribution in [1.29, 1.82) is 0 Å². The fraction of sp³-hybridized carbons (Fsp3) is 0.125. The molecule has 0 aromatic heterocycles. The minimum Gasteiger partial charge on any atom is -0.452 e. The molecule has 8 nitrogen and oxygen atoms in total. The number of nitrogens with one attached hydrogen (secondary N) is 2. The molecule has 4 N–H and O–H groups in total. The number of para-hydroxylation sites is 1. The minimum atomic E-state index is -3.64. The molecule has 0 saturated carbocycles. The second-order valence-corrected chi connectivity index (χ2v) is 7.04. The Morgan fingerprint density at radius 3 is 2.44 bits per heavy atom. The summed E-state index contributed by atoms with van der Waals surface area (Å²) in [6.07, 6.45) is -0.671. The second kappa shape index (κ2) is 6.54. The van der Waals surface area contributed by atoms with Crippen LogP contribution in [-0.2, 0) is 19.6 Å². The molecule has 3 rings (SSSR count). The summed E-state index contributed by atoms with van der Waals surface area (Å²) in [6.45, 7) is -0.499. The number of fused-ring (bicyclic) bond motifs is 1. The van der Waals surface area contributed by atoms with E-state index in [-0.39, 0.29) is 10.5 Å². The number of carbonyl (C=O) groups is 2. The molecule has 130 valence electrons. The van der Waals surface area contributed by atoms with Gasteiger partial charge < -0.3 is 15.8 Å². The van der Waals surface area contributed by atoms with Crippen LogP contribution in [0.5, 0.6) is 0 Å². The molecule has 0 fully saturated rings. The van der Waals surface area contributed by atoms with Crippen molar-refractivity contribution in [3.8, 4) is 0 Å². The van der Waals surface area contributed by atoms with Crippen LogP contribution < -0.4 is 15.8 Å². The van der Waals surface area contributed by atoms with Crippen LogP contribution in [0, 0.1) is 0 Å². The van der Waals surface area contributed by atoms with E-state index >= 15 is 0 Å². The van der Waals surface area contributed by atoms with Gasteiger partial charge in [0.2, 0.25) is 10.0 Å². The molecule has 0 bridgehead atoms. The third-order valence-electron chi connectivity index (χ3n) is 3.57. The molecule has 2 aromatic carbocycles. The van der Waals surface area contributed by atoms with Crippen LogP contribution in [0.2, 0.25) is 0 Å². The van der Waals surface area contributed by atoms with Crippen molar-refractivity contribution in [1.82, 2.24) is 4.72 Å². The van der Waals surface area contributed by atoms with E-state index in [4.69, 9.17) is 10.5 Å². The van der Waals surface area contributed by atoms with Gasteiger partial charge in [0.25, 0.3) is 5.91 Å². The number of ether oxygens (including phenoxy) is 1. The summed E-state index contributed by atoms with van der Waals surface area (Å²) >= 11 is 0. The highest BCUT2D eigenvalue weighted by atomic mass is 32.2. The number of esters is 1. The number of benzene rings is 2. The van der Waals surface area contributed by atoms with Crippen molar-refractivity contribution in [3.63, 3.8) is 0 Å². The maximum atomic E-state index is 12.3. The van der Waals surface area contributed by atoms with Gasteiger partial charge in [0.1, 0.15) is 11.1 Å². The van der Waals surface area contributed by atoms with Gasteiger partial charge in [-0.05, 0) is 29.8 Å². The Labute approximate surface area is 144 Å². The van der Waals surface area contributed by atoms with E-state index in [9.17, 15) is 18.0 Å². The molecule has 1 heterocycles. The van der Waals surface area contributed by atoms with E-state index in [0.717, 1.165) is 0 Å². The Morgan fingerprint density at radius 2 is 1.76 bits per heavy atom. The zero-order valence-corrected chi connectivity index (χ0v) is 13.7. The van der Waals surface area contributed by atoms with Crippen molar-refractivity contribution in [2.75, 3.05) is 11.9 Å². The van der Waals surface area contributed by atoms with Gasteiger partial charge in [0.15, 0.2) is 6.61 Å². The standard InChI is InChI=1S/C16H15N3O5S/c17-14(20)9-24-16(21)11-7-5-10(6-8-11)15-18-12-3-1-2-4-13(12)25(22,23)19-15/h1-8,15,18-19H,9H2,(H2,17,20)/t15-/m0/s1. The highest BCUT2D eigenvalue weighted by molar-refractivity contribution is 7.89. The van der Waals surface area contributed by atoms with E-state index in [1.165, 1.54) is 18.2 Å². The van der Waals surface area contributed by atoms with Gasteiger partial charge >= 0.3 is 5.97 Å². The fourth-order valence-electron chi connectivity index (χ4n) is 2.41. The molecule has 1 aliphatic heterocycles. The molecule has 1 aliphatic rings. The highest BCUT2D eigenvalue weighted by Crippen LogP contribution is 2.30. The predicted molar refractivity (Wildman–Crippen MR) is 89.0 cm³/mol. The molecule has 9 heteroatoms. The zero-order chi connectivity index (χ0) is 18.0. The Morgan fingerprint density at radius 1 is 1.08 bits per heavy atom. The summed E-state index contributed by atoms with van der Waals surface area (Å²) in [5.41, 5.74) is 6.25. The quantitative estimate of drug-likeness (QED) is 0.689. The molecule has 25 heavy (non-hydrogen) atoms. The van der Waals surface area contributed by atoms with Crippen molar-refractivity contribution in [2.45, 2.75) is 11.1 Å². The van der Waals surface area contributed by atoms with Crippen LogP contribution >= 0.6 is 0 Å². The van der Waals surface area contributed by atoms with E-state index in [0.29, 0.717) is 11.3 Å². The van der Waals surface area contributed by atoms with Gasteiger partial charge in [-0.15, -0.1) is 0 Å². The average Bonchev–Trinajstić information content (AvgIpc) is 2.59. The first-order valence-electron chi connectivity index (χ1n) is 7.30. The minimum absolute atomic E-state index is 0.179. The van der Waals surface area contributed by atoms with Gasteiger partial charge in [-0.1, -0.05) is 24.3 Å². The van der Waals surface area contributed by atoms with Crippen molar-refractivity contribution < 1.29 is 22.7 Å². The number of rotatable bonds is 4. The van der Waals surface area contributed by atoms with E-state index < -0.39 is 34.7 Å². The number of primary amides is 1. The number of carbonyl (C=O) groups excluding carboxylic acids is 2. The Balaban J connectivity index is 1.80. The fourth-order valence-corrected chi connectivity index (χ4v) is 3.71. The summed E-state index contributed by atoms with van der Waals surface area (Å²) in [6, 6.07) is 12.7. The summed E-state index contributed by atoms with van der Waals surface area (Å²) in [7, 11) is -3.64. The topological polar surface area (TPSA) is 128 Å². The number of hydrogen-bond donors (Lipinski definition) is 3. The molecule has 0 saturated heterocycles. The lowest BCUT2D eigenvalue weighted by Crippen LogP contribution is -2.38. The molecule has 0 unspecified atom stereocenters. The maximum absolute atomic E-state index is 12.3. The normalized spacial score (nSPS) is 17.8. The molecular weight excluding hydrogens is 346 g/mol. The summed E-state index contributed by atoms with van der Waals surface area (Å²) < 4.78 is 31.9. The lowest BCUT2D eigenvalue weighted by molar-refractivity contribution is -0.121. The van der Waals surface area contributed by atoms with Crippen molar-refractivity contribution >= 4 is 27.6 Å². The van der Waals surface area contributed by atoms with Gasteiger partial charge in [-0.3, -0.25) is 4.79 Å². The maximum Gasteiger partial charge on any atom is 0.338 e. The third-order valence-corrected chi connectivity index (χ3v) is 5.06. The van der Waals surface area contributed by atoms with Crippen molar-refractivity contribution in [2.24, 2.45) is 5.73 Å². The number of anilines is 1. The third kappa shape index (κ3) is 3.62. The summed E-state index contributed by atoms with van der Waals surface area (Å²) in [4.78, 5) is 22.6. The highest BCUT2D eigenvalue weighted by Gasteiger charge is 2.29. The average molecular weight is 361 g/mol. The van der Waals surface area contributed by atoms with Gasteiger partial charge in [0, 0.05) is 0 Å². The summed E-state index contributed by atoms with van der Waals surface area (Å²) in [5, 5.41) is 3.09. The van der Waals surface area contributed by atoms with Crippen LogP contribution in [0.25, 0.3) is 0 Å². The monoisotopic (exact) mass is 361 g/mol. The second-order valence-electron chi connectivity index (χ2n) is 5.36. The SMILES string of the molecule is NC(=O)COC(=O)c1ccc([C@H]2Nc3ccccc3S(=O)(=O)N2)cc1.